The lowest BCUT2D eigenvalue weighted by atomic mass is 10.2. The summed E-state index contributed by atoms with van der Waals surface area (Å²) < 4.78 is 0. The first-order chi connectivity index (χ1) is 8.65. The zero-order chi connectivity index (χ0) is 13.1. The molecule has 2 rings (SSSR count). The fourth-order valence-electron chi connectivity index (χ4n) is 1.81. The van der Waals surface area contributed by atoms with Gasteiger partial charge in [-0.1, -0.05) is 6.92 Å². The largest absolute Gasteiger partial charge is 0.391 e. The number of aliphatic hydroxyl groups excluding tert-OH is 1. The molecule has 1 aromatic heterocycles. The molecule has 1 N–H and O–H groups in total. The molecule has 96 valence electrons. The maximum absolute atomic E-state index is 9.29. The average Bonchev–Trinajstić information content (AvgIpc) is 2.82. The van der Waals surface area contributed by atoms with Crippen LogP contribution < -0.4 is 4.90 Å². The van der Waals surface area contributed by atoms with Crippen LogP contribution in [0.25, 0.3) is 10.6 Å². The summed E-state index contributed by atoms with van der Waals surface area (Å²) in [5.41, 5.74) is 3.29. The van der Waals surface area contributed by atoms with Gasteiger partial charge in [0.25, 0.3) is 0 Å². The van der Waals surface area contributed by atoms with Gasteiger partial charge in [-0.3, -0.25) is 0 Å². The number of aromatic nitrogens is 1. The minimum Gasteiger partial charge on any atom is -0.391 e. The van der Waals surface area contributed by atoms with E-state index >= 15 is 0 Å². The first-order valence-electron chi connectivity index (χ1n) is 6.03. The minimum atomic E-state index is 0.0800. The van der Waals surface area contributed by atoms with Gasteiger partial charge in [0.1, 0.15) is 5.01 Å². The number of rotatable bonds is 4. The van der Waals surface area contributed by atoms with Crippen LogP contribution in [-0.4, -0.2) is 24.2 Å². The lowest BCUT2D eigenvalue weighted by molar-refractivity contribution is 0.284. The van der Waals surface area contributed by atoms with Crippen LogP contribution in [0, 0.1) is 0 Å². The van der Waals surface area contributed by atoms with E-state index in [2.05, 4.69) is 41.1 Å². The van der Waals surface area contributed by atoms with E-state index in [4.69, 9.17) is 0 Å². The second-order valence-electron chi connectivity index (χ2n) is 4.34. The molecule has 4 heteroatoms. The zero-order valence-electron chi connectivity index (χ0n) is 11.0. The van der Waals surface area contributed by atoms with Crippen LogP contribution in [0.2, 0.25) is 0 Å². The smallest absolute Gasteiger partial charge is 0.123 e. The highest BCUT2D eigenvalue weighted by molar-refractivity contribution is 7.15. The predicted molar refractivity (Wildman–Crippen MR) is 77.2 cm³/mol. The number of benzene rings is 1. The molecule has 0 unspecified atom stereocenters. The highest BCUT2D eigenvalue weighted by Crippen LogP contribution is 2.29. The minimum absolute atomic E-state index is 0.0800. The van der Waals surface area contributed by atoms with Crippen LogP contribution in [0.3, 0.4) is 0 Å². The number of aliphatic hydroxyl groups is 1. The molecule has 0 spiro atoms. The summed E-state index contributed by atoms with van der Waals surface area (Å²) >= 11 is 1.58. The molecular weight excluding hydrogens is 244 g/mol. The van der Waals surface area contributed by atoms with Crippen LogP contribution in [-0.2, 0) is 13.0 Å². The molecule has 0 amide bonds. The average molecular weight is 262 g/mol. The van der Waals surface area contributed by atoms with E-state index in [1.807, 2.05) is 14.1 Å². The number of anilines is 1. The van der Waals surface area contributed by atoms with Gasteiger partial charge in [-0.25, -0.2) is 4.98 Å². The molecular formula is C14H18N2OS. The molecule has 0 aliphatic rings. The van der Waals surface area contributed by atoms with Gasteiger partial charge in [-0.2, -0.15) is 0 Å². The van der Waals surface area contributed by atoms with Crippen molar-refractivity contribution in [1.82, 2.24) is 4.98 Å². The fraction of sp³-hybridized carbons (Fsp3) is 0.357. The van der Waals surface area contributed by atoms with Gasteiger partial charge in [0, 0.05) is 25.3 Å². The Balaban J connectivity index is 2.33. The lowest BCUT2D eigenvalue weighted by Crippen LogP contribution is -2.07. The first-order valence-corrected chi connectivity index (χ1v) is 6.84. The summed E-state index contributed by atoms with van der Waals surface area (Å²) in [6, 6.07) is 8.32. The molecule has 0 bridgehead atoms. The van der Waals surface area contributed by atoms with E-state index in [9.17, 15) is 5.11 Å². The van der Waals surface area contributed by atoms with Gasteiger partial charge in [0.05, 0.1) is 17.2 Å². The van der Waals surface area contributed by atoms with Crippen molar-refractivity contribution in [2.75, 3.05) is 19.0 Å². The molecule has 0 radical (unpaired) electrons. The van der Waals surface area contributed by atoms with Crippen molar-refractivity contribution in [2.45, 2.75) is 20.0 Å². The Morgan fingerprint density at radius 1 is 1.22 bits per heavy atom. The topological polar surface area (TPSA) is 36.4 Å². The lowest BCUT2D eigenvalue weighted by Gasteiger charge is -2.11. The third-order valence-corrected chi connectivity index (χ3v) is 4.02. The monoisotopic (exact) mass is 262 g/mol. The normalized spacial score (nSPS) is 10.7. The number of aryl methyl sites for hydroxylation is 1. The highest BCUT2D eigenvalue weighted by atomic mass is 32.1. The molecule has 0 atom stereocenters. The Morgan fingerprint density at radius 2 is 1.89 bits per heavy atom. The molecule has 3 nitrogen and oxygen atoms in total. The molecule has 18 heavy (non-hydrogen) atoms. The maximum atomic E-state index is 9.29. The van der Waals surface area contributed by atoms with Crippen LogP contribution >= 0.6 is 11.3 Å². The molecule has 0 fully saturated rings. The van der Waals surface area contributed by atoms with E-state index in [1.54, 1.807) is 11.3 Å². The molecule has 1 heterocycles. The summed E-state index contributed by atoms with van der Waals surface area (Å²) in [6.07, 6.45) is 0.863. The number of hydrogen-bond donors (Lipinski definition) is 1. The third kappa shape index (κ3) is 2.54. The predicted octanol–water partition coefficient (Wildman–Crippen LogP) is 2.93. The second kappa shape index (κ2) is 5.50. The molecule has 0 aliphatic heterocycles. The summed E-state index contributed by atoms with van der Waals surface area (Å²) in [5, 5.41) is 10.3. The molecule has 0 saturated heterocycles. The summed E-state index contributed by atoms with van der Waals surface area (Å²) in [5.74, 6) is 0. The van der Waals surface area contributed by atoms with Gasteiger partial charge in [0.15, 0.2) is 0 Å². The quantitative estimate of drug-likeness (QED) is 0.920. The van der Waals surface area contributed by atoms with Gasteiger partial charge in [0.2, 0.25) is 0 Å². The Bertz CT molecular complexity index is 496. The van der Waals surface area contributed by atoms with E-state index in [-0.39, 0.29) is 6.61 Å². The van der Waals surface area contributed by atoms with E-state index < -0.39 is 0 Å². The van der Waals surface area contributed by atoms with Crippen LogP contribution in [0.15, 0.2) is 24.3 Å². The Kier molecular flexibility index (Phi) is 3.99. The van der Waals surface area contributed by atoms with Crippen molar-refractivity contribution in [3.05, 3.63) is 34.8 Å². The molecule has 0 saturated carbocycles. The Morgan fingerprint density at radius 3 is 2.33 bits per heavy atom. The van der Waals surface area contributed by atoms with Crippen molar-refractivity contribution in [2.24, 2.45) is 0 Å². The second-order valence-corrected chi connectivity index (χ2v) is 5.43. The van der Waals surface area contributed by atoms with Crippen LogP contribution in [0.1, 0.15) is 17.5 Å². The first kappa shape index (κ1) is 13.1. The van der Waals surface area contributed by atoms with Crippen molar-refractivity contribution in [1.29, 1.82) is 0 Å². The third-order valence-electron chi connectivity index (χ3n) is 2.89. The highest BCUT2D eigenvalue weighted by Gasteiger charge is 2.10. The molecule has 0 aliphatic carbocycles. The summed E-state index contributed by atoms with van der Waals surface area (Å²) in [6.45, 7) is 2.14. The number of thiazole rings is 1. The van der Waals surface area contributed by atoms with Crippen molar-refractivity contribution in [3.63, 3.8) is 0 Å². The van der Waals surface area contributed by atoms with Gasteiger partial charge in [-0.05, 0) is 30.7 Å². The zero-order valence-corrected chi connectivity index (χ0v) is 11.8. The van der Waals surface area contributed by atoms with E-state index in [0.29, 0.717) is 0 Å². The standard InChI is InChI=1S/C14H18N2OS/c1-4-12-13(9-17)18-14(15-12)10-5-7-11(8-6-10)16(2)3/h5-8,17H,4,9H2,1-3H3. The molecule has 2 aromatic rings. The molecule has 1 aromatic carbocycles. The SMILES string of the molecule is CCc1nc(-c2ccc(N(C)C)cc2)sc1CO. The fourth-order valence-corrected chi connectivity index (χ4v) is 2.82. The Hall–Kier alpha value is -1.39. The number of hydrogen-bond acceptors (Lipinski definition) is 4. The van der Waals surface area contributed by atoms with E-state index in [1.165, 1.54) is 5.69 Å². The van der Waals surface area contributed by atoms with Crippen LogP contribution in [0.5, 0.6) is 0 Å². The van der Waals surface area contributed by atoms with Gasteiger partial charge in [-0.15, -0.1) is 11.3 Å². The Labute approximate surface area is 112 Å². The van der Waals surface area contributed by atoms with Gasteiger partial charge >= 0.3 is 0 Å². The maximum Gasteiger partial charge on any atom is 0.123 e. The van der Waals surface area contributed by atoms with Gasteiger partial charge < -0.3 is 10.0 Å². The van der Waals surface area contributed by atoms with Crippen molar-refractivity contribution >= 4 is 17.0 Å². The van der Waals surface area contributed by atoms with Crippen molar-refractivity contribution < 1.29 is 5.11 Å². The summed E-state index contributed by atoms with van der Waals surface area (Å²) in [7, 11) is 4.05. The summed E-state index contributed by atoms with van der Waals surface area (Å²) in [4.78, 5) is 7.64. The number of nitrogens with zero attached hydrogens (tertiary/aromatic N) is 2. The van der Waals surface area contributed by atoms with Crippen LogP contribution in [0.4, 0.5) is 5.69 Å². The van der Waals surface area contributed by atoms with Crippen molar-refractivity contribution in [3.8, 4) is 10.6 Å². The van der Waals surface area contributed by atoms with E-state index in [0.717, 1.165) is 27.6 Å².